The van der Waals surface area contributed by atoms with Gasteiger partial charge in [0.15, 0.2) is 19.7 Å². The van der Waals surface area contributed by atoms with E-state index >= 15 is 0 Å². The summed E-state index contributed by atoms with van der Waals surface area (Å²) in [5.74, 6) is -1.03. The molecule has 21 heavy (non-hydrogen) atoms. The van der Waals surface area contributed by atoms with Gasteiger partial charge in [-0.2, -0.15) is 0 Å². The van der Waals surface area contributed by atoms with Gasteiger partial charge in [-0.15, -0.1) is 0 Å². The zero-order chi connectivity index (χ0) is 15.3. The van der Waals surface area contributed by atoms with Crippen LogP contribution in [0.3, 0.4) is 0 Å². The highest BCUT2D eigenvalue weighted by molar-refractivity contribution is 7.96. The van der Waals surface area contributed by atoms with Gasteiger partial charge >= 0.3 is 0 Å². The molecule has 4 nitrogen and oxygen atoms in total. The minimum Gasteiger partial charge on any atom is -0.224 e. The molecule has 7 heteroatoms. The van der Waals surface area contributed by atoms with Crippen LogP contribution in [0.5, 0.6) is 0 Å². The average Bonchev–Trinajstić information content (AvgIpc) is 2.73. The van der Waals surface area contributed by atoms with Crippen LogP contribution in [-0.4, -0.2) is 22.6 Å². The Morgan fingerprint density at radius 3 is 2.29 bits per heavy atom. The van der Waals surface area contributed by atoms with Crippen LogP contribution >= 0.6 is 0 Å². The fraction of sp³-hybridized carbons (Fsp3) is 0.143. The molecule has 0 aromatic heterocycles. The van der Waals surface area contributed by atoms with Crippen molar-refractivity contribution in [1.29, 1.82) is 0 Å². The van der Waals surface area contributed by atoms with Gasteiger partial charge < -0.3 is 0 Å². The van der Waals surface area contributed by atoms with E-state index in [2.05, 4.69) is 0 Å². The van der Waals surface area contributed by atoms with Gasteiger partial charge in [0.25, 0.3) is 0 Å². The molecule has 0 N–H and O–H groups in total. The largest absolute Gasteiger partial charge is 0.224 e. The van der Waals surface area contributed by atoms with E-state index in [-0.39, 0.29) is 15.4 Å². The highest BCUT2D eigenvalue weighted by Crippen LogP contribution is 2.40. The maximum Gasteiger partial charge on any atom is 0.186 e. The van der Waals surface area contributed by atoms with E-state index in [1.807, 2.05) is 0 Å². The lowest BCUT2D eigenvalue weighted by molar-refractivity contribution is 0.581. The van der Waals surface area contributed by atoms with E-state index < -0.39 is 36.5 Å². The summed E-state index contributed by atoms with van der Waals surface area (Å²) in [7, 11) is -7.49. The number of hydrogen-bond donors (Lipinski definition) is 0. The summed E-state index contributed by atoms with van der Waals surface area (Å²) in [5.41, 5.74) is 0.279. The standard InChI is InChI=1S/C14H11FO4S2/c15-10-5-7-11(8-6-10)21(18,19)14-9-20(16,17)13-4-2-1-3-12(13)14/h1-8,14H,9H2. The molecule has 110 valence electrons. The van der Waals surface area contributed by atoms with Crippen molar-refractivity contribution in [2.24, 2.45) is 0 Å². The lowest BCUT2D eigenvalue weighted by Crippen LogP contribution is -2.15. The van der Waals surface area contributed by atoms with Gasteiger partial charge in [-0.1, -0.05) is 18.2 Å². The number of hydrogen-bond acceptors (Lipinski definition) is 4. The first-order chi connectivity index (χ1) is 9.82. The Labute approximate surface area is 122 Å². The predicted molar refractivity (Wildman–Crippen MR) is 74.8 cm³/mol. The fourth-order valence-electron chi connectivity index (χ4n) is 2.45. The Hall–Kier alpha value is -1.73. The third kappa shape index (κ3) is 2.26. The van der Waals surface area contributed by atoms with Gasteiger partial charge in [0.2, 0.25) is 0 Å². The lowest BCUT2D eigenvalue weighted by atomic mass is 10.2. The zero-order valence-electron chi connectivity index (χ0n) is 10.7. The topological polar surface area (TPSA) is 68.3 Å². The van der Waals surface area contributed by atoms with E-state index in [4.69, 9.17) is 0 Å². The molecule has 1 aliphatic rings. The van der Waals surface area contributed by atoms with Crippen LogP contribution in [0.15, 0.2) is 58.3 Å². The summed E-state index contributed by atoms with van der Waals surface area (Å²) in [6.07, 6.45) is 0. The van der Waals surface area contributed by atoms with Crippen molar-refractivity contribution < 1.29 is 21.2 Å². The molecular formula is C14H11FO4S2. The van der Waals surface area contributed by atoms with Gasteiger partial charge in [-0.3, -0.25) is 0 Å². The molecule has 0 amide bonds. The quantitative estimate of drug-likeness (QED) is 0.793. The average molecular weight is 326 g/mol. The molecule has 2 aromatic carbocycles. The summed E-state index contributed by atoms with van der Waals surface area (Å²) >= 11 is 0. The summed E-state index contributed by atoms with van der Waals surface area (Å²) in [5, 5.41) is -1.15. The minimum atomic E-state index is -3.89. The third-order valence-electron chi connectivity index (χ3n) is 3.49. The molecule has 0 spiro atoms. The molecule has 1 unspecified atom stereocenters. The number of sulfone groups is 2. The maximum atomic E-state index is 12.9. The SMILES string of the molecule is O=S1(=O)CC(S(=O)(=O)c2ccc(F)cc2)c2ccccc21. The molecule has 0 bridgehead atoms. The van der Waals surface area contributed by atoms with E-state index in [0.717, 1.165) is 24.3 Å². The molecule has 0 aliphatic carbocycles. The third-order valence-corrected chi connectivity index (χ3v) is 7.61. The molecule has 0 radical (unpaired) electrons. The first-order valence-electron chi connectivity index (χ1n) is 6.13. The molecule has 1 heterocycles. The second-order valence-electron chi connectivity index (χ2n) is 4.81. The second kappa shape index (κ2) is 4.64. The molecular weight excluding hydrogens is 315 g/mol. The van der Waals surface area contributed by atoms with E-state index in [9.17, 15) is 21.2 Å². The number of benzene rings is 2. The van der Waals surface area contributed by atoms with E-state index in [1.54, 1.807) is 12.1 Å². The van der Waals surface area contributed by atoms with Crippen molar-refractivity contribution in [3.05, 3.63) is 59.9 Å². The first kappa shape index (κ1) is 14.2. The van der Waals surface area contributed by atoms with E-state index in [1.165, 1.54) is 12.1 Å². The number of rotatable bonds is 2. The first-order valence-corrected chi connectivity index (χ1v) is 9.33. The minimum absolute atomic E-state index is 0.0562. The Kier molecular flexibility index (Phi) is 3.14. The van der Waals surface area contributed by atoms with Crippen molar-refractivity contribution in [2.45, 2.75) is 15.0 Å². The van der Waals surface area contributed by atoms with Crippen molar-refractivity contribution in [3.63, 3.8) is 0 Å². The van der Waals surface area contributed by atoms with Crippen LogP contribution in [0.1, 0.15) is 10.8 Å². The van der Waals surface area contributed by atoms with Crippen LogP contribution in [0.2, 0.25) is 0 Å². The maximum absolute atomic E-state index is 12.9. The normalized spacial score (nSPS) is 20.1. The molecule has 0 saturated heterocycles. The van der Waals surface area contributed by atoms with Crippen molar-refractivity contribution in [3.8, 4) is 0 Å². The summed E-state index contributed by atoms with van der Waals surface area (Å²) in [6, 6.07) is 10.5. The lowest BCUT2D eigenvalue weighted by Gasteiger charge is -2.11. The highest BCUT2D eigenvalue weighted by Gasteiger charge is 2.42. The Bertz CT molecular complexity index is 900. The van der Waals surface area contributed by atoms with Gasteiger partial charge in [0.1, 0.15) is 11.1 Å². The predicted octanol–water partition coefficient (Wildman–Crippen LogP) is 2.13. The summed E-state index contributed by atoms with van der Waals surface area (Å²) < 4.78 is 62.3. The summed E-state index contributed by atoms with van der Waals surface area (Å²) in [6.45, 7) is 0. The smallest absolute Gasteiger partial charge is 0.186 e. The summed E-state index contributed by atoms with van der Waals surface area (Å²) in [4.78, 5) is -0.0264. The van der Waals surface area contributed by atoms with Crippen LogP contribution in [0, 0.1) is 5.82 Å². The second-order valence-corrected chi connectivity index (χ2v) is 8.94. The number of fused-ring (bicyclic) bond motifs is 1. The monoisotopic (exact) mass is 326 g/mol. The number of halogens is 1. The zero-order valence-corrected chi connectivity index (χ0v) is 12.4. The molecule has 0 saturated carbocycles. The van der Waals surface area contributed by atoms with Crippen LogP contribution in [0.4, 0.5) is 4.39 Å². The van der Waals surface area contributed by atoms with Gasteiger partial charge in [-0.25, -0.2) is 21.2 Å². The van der Waals surface area contributed by atoms with Crippen molar-refractivity contribution in [2.75, 3.05) is 5.75 Å². The Morgan fingerprint density at radius 1 is 1.00 bits per heavy atom. The van der Waals surface area contributed by atoms with Crippen LogP contribution in [0.25, 0.3) is 0 Å². The van der Waals surface area contributed by atoms with Gasteiger partial charge in [0, 0.05) is 0 Å². The van der Waals surface area contributed by atoms with Crippen molar-refractivity contribution >= 4 is 19.7 Å². The van der Waals surface area contributed by atoms with E-state index in [0.29, 0.717) is 0 Å². The Balaban J connectivity index is 2.16. The van der Waals surface area contributed by atoms with Gasteiger partial charge in [-0.05, 0) is 35.9 Å². The Morgan fingerprint density at radius 2 is 1.62 bits per heavy atom. The highest BCUT2D eigenvalue weighted by atomic mass is 32.2. The van der Waals surface area contributed by atoms with Gasteiger partial charge in [0.05, 0.1) is 15.5 Å². The molecule has 3 rings (SSSR count). The van der Waals surface area contributed by atoms with Crippen LogP contribution < -0.4 is 0 Å². The van der Waals surface area contributed by atoms with Crippen LogP contribution in [-0.2, 0) is 19.7 Å². The molecule has 0 fully saturated rings. The molecule has 1 aliphatic heterocycles. The fourth-order valence-corrected chi connectivity index (χ4v) is 6.78. The molecule has 2 aromatic rings. The van der Waals surface area contributed by atoms with Crippen molar-refractivity contribution in [1.82, 2.24) is 0 Å². The molecule has 1 atom stereocenters.